The molecule has 102 valence electrons. The summed E-state index contributed by atoms with van der Waals surface area (Å²) in [7, 11) is 0. The molecule has 3 nitrogen and oxygen atoms in total. The van der Waals surface area contributed by atoms with E-state index in [2.05, 4.69) is 6.07 Å². The van der Waals surface area contributed by atoms with Gasteiger partial charge in [-0.15, -0.1) is 11.3 Å². The lowest BCUT2D eigenvalue weighted by molar-refractivity contribution is 0.112. The van der Waals surface area contributed by atoms with Crippen molar-refractivity contribution in [3.63, 3.8) is 0 Å². The maximum atomic E-state index is 10.7. The van der Waals surface area contributed by atoms with E-state index in [1.165, 1.54) is 11.3 Å². The van der Waals surface area contributed by atoms with Crippen LogP contribution in [0.2, 0.25) is 4.34 Å². The predicted octanol–water partition coefficient (Wildman–Crippen LogP) is 4.54. The van der Waals surface area contributed by atoms with Crippen LogP contribution in [0.5, 0.6) is 0 Å². The summed E-state index contributed by atoms with van der Waals surface area (Å²) >= 11 is 7.40. The number of carbonyl (C=O) groups excluding carboxylic acids is 1. The molecule has 3 aromatic rings. The maximum Gasteiger partial charge on any atom is 0.150 e. The number of thiophene rings is 1. The van der Waals surface area contributed by atoms with Gasteiger partial charge in [-0.05, 0) is 36.4 Å². The molecular weight excluding hydrogens is 304 g/mol. The number of rotatable bonds is 3. The highest BCUT2D eigenvalue weighted by molar-refractivity contribution is 7.19. The minimum absolute atomic E-state index is 0.591. The van der Waals surface area contributed by atoms with Crippen molar-refractivity contribution < 1.29 is 4.79 Å². The second-order valence-electron chi connectivity index (χ2n) is 4.42. The molecule has 0 unspecified atom stereocenters. The quantitative estimate of drug-likeness (QED) is 0.666. The molecular formula is C16H9ClN2OS. The minimum Gasteiger partial charge on any atom is -0.322 e. The molecule has 5 heteroatoms. The van der Waals surface area contributed by atoms with Crippen molar-refractivity contribution in [1.82, 2.24) is 4.57 Å². The molecule has 0 aliphatic heterocycles. The van der Waals surface area contributed by atoms with Crippen molar-refractivity contribution in [2.24, 2.45) is 0 Å². The zero-order valence-corrected chi connectivity index (χ0v) is 12.4. The Bertz CT molecular complexity index is 840. The lowest BCUT2D eigenvalue weighted by Gasteiger charge is -2.02. The fourth-order valence-electron chi connectivity index (χ4n) is 2.07. The van der Waals surface area contributed by atoms with E-state index in [0.29, 0.717) is 15.5 Å². The highest BCUT2D eigenvalue weighted by Gasteiger charge is 2.11. The van der Waals surface area contributed by atoms with Gasteiger partial charge in [-0.1, -0.05) is 11.6 Å². The second kappa shape index (κ2) is 5.57. The fourth-order valence-corrected chi connectivity index (χ4v) is 3.14. The fraction of sp³-hybridized carbons (Fsp3) is 0. The Morgan fingerprint density at radius 3 is 2.48 bits per heavy atom. The summed E-state index contributed by atoms with van der Waals surface area (Å²) < 4.78 is 2.56. The summed E-state index contributed by atoms with van der Waals surface area (Å²) in [6.45, 7) is 0. The average Bonchev–Trinajstić information content (AvgIpc) is 3.13. The maximum absolute atomic E-state index is 10.7. The van der Waals surface area contributed by atoms with E-state index in [4.69, 9.17) is 11.6 Å². The topological polar surface area (TPSA) is 45.8 Å². The molecule has 0 radical (unpaired) electrons. The first kappa shape index (κ1) is 13.6. The van der Waals surface area contributed by atoms with Crippen molar-refractivity contribution in [2.75, 3.05) is 0 Å². The number of nitrogens with zero attached hydrogens (tertiary/aromatic N) is 2. The number of halogens is 1. The predicted molar refractivity (Wildman–Crippen MR) is 84.2 cm³/mol. The largest absolute Gasteiger partial charge is 0.322 e. The Labute approximate surface area is 130 Å². The third-order valence-corrected chi connectivity index (χ3v) is 4.38. The zero-order valence-electron chi connectivity index (χ0n) is 10.8. The number of hydrogen-bond acceptors (Lipinski definition) is 3. The van der Waals surface area contributed by atoms with Crippen LogP contribution >= 0.6 is 22.9 Å². The van der Waals surface area contributed by atoms with Gasteiger partial charge in [0.1, 0.15) is 12.4 Å². The van der Waals surface area contributed by atoms with Crippen LogP contribution in [-0.2, 0) is 0 Å². The van der Waals surface area contributed by atoms with Crippen LogP contribution in [0.3, 0.4) is 0 Å². The molecule has 0 bridgehead atoms. The number of carbonyl (C=O) groups is 1. The molecule has 0 spiro atoms. The molecule has 2 heterocycles. The van der Waals surface area contributed by atoms with Crippen molar-refractivity contribution in [3.05, 3.63) is 64.3 Å². The first-order valence-electron chi connectivity index (χ1n) is 6.14. The van der Waals surface area contributed by atoms with Crippen LogP contribution in [-0.4, -0.2) is 10.9 Å². The molecule has 0 saturated heterocycles. The molecule has 1 aromatic carbocycles. The summed E-state index contributed by atoms with van der Waals surface area (Å²) in [5.74, 6) is 0. The Hall–Kier alpha value is -2.35. The summed E-state index contributed by atoms with van der Waals surface area (Å²) in [5.41, 5.74) is 2.96. The molecule has 0 aliphatic rings. The van der Waals surface area contributed by atoms with Crippen LogP contribution in [0.25, 0.3) is 16.1 Å². The normalized spacial score (nSPS) is 10.3. The van der Waals surface area contributed by atoms with Crippen molar-refractivity contribution in [2.45, 2.75) is 0 Å². The van der Waals surface area contributed by atoms with E-state index in [9.17, 15) is 10.1 Å². The van der Waals surface area contributed by atoms with Gasteiger partial charge in [0.25, 0.3) is 0 Å². The molecule has 0 amide bonds. The Morgan fingerprint density at radius 2 is 1.90 bits per heavy atom. The summed E-state index contributed by atoms with van der Waals surface area (Å²) in [6.07, 6.45) is 4.48. The standard InChI is InChI=1S/C16H9ClN2OS/c17-16-6-5-15(21-16)14-9-19(8-12(14)7-18)13-3-1-11(10-20)2-4-13/h1-6,8-10H. The molecule has 0 fully saturated rings. The lowest BCUT2D eigenvalue weighted by Crippen LogP contribution is -1.90. The average molecular weight is 313 g/mol. The number of benzene rings is 1. The molecule has 0 saturated carbocycles. The van der Waals surface area contributed by atoms with Gasteiger partial charge in [0.15, 0.2) is 0 Å². The number of nitriles is 1. The van der Waals surface area contributed by atoms with Crippen molar-refractivity contribution in [3.8, 4) is 22.2 Å². The van der Waals surface area contributed by atoms with Gasteiger partial charge in [0, 0.05) is 34.1 Å². The second-order valence-corrected chi connectivity index (χ2v) is 6.13. The SMILES string of the molecule is N#Cc1cn(-c2ccc(C=O)cc2)cc1-c1ccc(Cl)s1. The smallest absolute Gasteiger partial charge is 0.150 e. The van der Waals surface area contributed by atoms with E-state index < -0.39 is 0 Å². The monoisotopic (exact) mass is 312 g/mol. The first-order chi connectivity index (χ1) is 10.2. The van der Waals surface area contributed by atoms with Crippen LogP contribution in [0.4, 0.5) is 0 Å². The highest BCUT2D eigenvalue weighted by Crippen LogP contribution is 2.34. The molecule has 21 heavy (non-hydrogen) atoms. The Balaban J connectivity index is 2.06. The molecule has 3 rings (SSSR count). The Kier molecular flexibility index (Phi) is 3.61. The number of hydrogen-bond donors (Lipinski definition) is 0. The van der Waals surface area contributed by atoms with Gasteiger partial charge in [0.05, 0.1) is 9.90 Å². The Morgan fingerprint density at radius 1 is 1.14 bits per heavy atom. The third kappa shape index (κ3) is 2.62. The van der Waals surface area contributed by atoms with E-state index in [0.717, 1.165) is 22.4 Å². The highest BCUT2D eigenvalue weighted by atomic mass is 35.5. The van der Waals surface area contributed by atoms with Crippen molar-refractivity contribution >= 4 is 29.2 Å². The summed E-state index contributed by atoms with van der Waals surface area (Å²) in [6, 6.07) is 13.1. The van der Waals surface area contributed by atoms with Crippen LogP contribution in [0, 0.1) is 11.3 Å². The van der Waals surface area contributed by atoms with Crippen LogP contribution < -0.4 is 0 Å². The minimum atomic E-state index is 0.591. The first-order valence-corrected chi connectivity index (χ1v) is 7.34. The van der Waals surface area contributed by atoms with Gasteiger partial charge < -0.3 is 4.57 Å². The molecule has 2 aromatic heterocycles. The summed E-state index contributed by atoms with van der Waals surface area (Å²) in [5, 5.41) is 9.29. The molecule has 0 atom stereocenters. The van der Waals surface area contributed by atoms with Gasteiger partial charge in [0.2, 0.25) is 0 Å². The molecule has 0 aliphatic carbocycles. The van der Waals surface area contributed by atoms with Crippen molar-refractivity contribution in [1.29, 1.82) is 5.26 Å². The van der Waals surface area contributed by atoms with Gasteiger partial charge in [-0.3, -0.25) is 4.79 Å². The van der Waals surface area contributed by atoms with Gasteiger partial charge in [-0.25, -0.2) is 0 Å². The van der Waals surface area contributed by atoms with Gasteiger partial charge >= 0.3 is 0 Å². The number of aldehydes is 1. The van der Waals surface area contributed by atoms with E-state index in [1.807, 2.05) is 35.0 Å². The van der Waals surface area contributed by atoms with Crippen LogP contribution in [0.1, 0.15) is 15.9 Å². The zero-order chi connectivity index (χ0) is 14.8. The molecule has 0 N–H and O–H groups in total. The van der Waals surface area contributed by atoms with Gasteiger partial charge in [-0.2, -0.15) is 5.26 Å². The summed E-state index contributed by atoms with van der Waals surface area (Å²) in [4.78, 5) is 11.6. The van der Waals surface area contributed by atoms with E-state index >= 15 is 0 Å². The van der Waals surface area contributed by atoms with Crippen LogP contribution in [0.15, 0.2) is 48.8 Å². The third-order valence-electron chi connectivity index (χ3n) is 3.11. The van der Waals surface area contributed by atoms with E-state index in [1.54, 1.807) is 18.3 Å². The number of aromatic nitrogens is 1. The van der Waals surface area contributed by atoms with E-state index in [-0.39, 0.29) is 0 Å². The lowest BCUT2D eigenvalue weighted by atomic mass is 10.2.